The van der Waals surface area contributed by atoms with E-state index in [2.05, 4.69) is 13.2 Å². The van der Waals surface area contributed by atoms with Gasteiger partial charge >= 0.3 is 11.9 Å². The molecule has 0 amide bonds. The summed E-state index contributed by atoms with van der Waals surface area (Å²) < 4.78 is 10.3. The number of hydrogen-bond donors (Lipinski definition) is 1. The first-order valence-corrected chi connectivity index (χ1v) is 6.23. The molecule has 0 spiro atoms. The number of benzene rings is 1. The normalized spacial score (nSPS) is 9.90. The van der Waals surface area contributed by atoms with Gasteiger partial charge in [0.1, 0.15) is 5.75 Å². The van der Waals surface area contributed by atoms with Crippen LogP contribution in [0.25, 0.3) is 0 Å². The Bertz CT molecular complexity index is 641. The van der Waals surface area contributed by atoms with Gasteiger partial charge in [0.25, 0.3) is 0 Å². The zero-order valence-electron chi connectivity index (χ0n) is 12.6. The van der Waals surface area contributed by atoms with Gasteiger partial charge in [0.05, 0.1) is 0 Å². The summed E-state index contributed by atoms with van der Waals surface area (Å²) in [7, 11) is 0. The summed E-state index contributed by atoms with van der Waals surface area (Å²) >= 11 is 0. The van der Waals surface area contributed by atoms with Crippen LogP contribution in [0.1, 0.15) is 25.0 Å². The smallest absolute Gasteiger partial charge is 0.338 e. The Labute approximate surface area is 123 Å². The van der Waals surface area contributed by atoms with Gasteiger partial charge in [-0.1, -0.05) is 13.2 Å². The molecule has 1 aromatic carbocycles. The van der Waals surface area contributed by atoms with Gasteiger partial charge in [0.2, 0.25) is 0 Å². The Morgan fingerprint density at radius 1 is 1.05 bits per heavy atom. The van der Waals surface area contributed by atoms with Gasteiger partial charge < -0.3 is 14.6 Å². The second-order valence-electron chi connectivity index (χ2n) is 4.83. The van der Waals surface area contributed by atoms with Crippen molar-refractivity contribution in [2.75, 3.05) is 0 Å². The molecule has 0 unspecified atom stereocenters. The first-order valence-electron chi connectivity index (χ1n) is 6.23. The number of carbonyl (C=O) groups excluding carboxylic acids is 2. The topological polar surface area (TPSA) is 72.8 Å². The lowest BCUT2D eigenvalue weighted by molar-refractivity contribution is -0.132. The van der Waals surface area contributed by atoms with Crippen LogP contribution in [0.15, 0.2) is 30.4 Å². The quantitative estimate of drug-likeness (QED) is 0.524. The second-order valence-corrected chi connectivity index (χ2v) is 4.83. The van der Waals surface area contributed by atoms with Crippen molar-refractivity contribution in [3.63, 3.8) is 0 Å². The summed E-state index contributed by atoms with van der Waals surface area (Å²) in [5.74, 6) is -1.32. The molecule has 112 valence electrons. The number of ether oxygens (including phenoxy) is 2. The number of hydrogen-bond acceptors (Lipinski definition) is 5. The van der Waals surface area contributed by atoms with Gasteiger partial charge in [0, 0.05) is 16.7 Å². The third-order valence-electron chi connectivity index (χ3n) is 2.74. The lowest BCUT2D eigenvalue weighted by Crippen LogP contribution is -2.14. The minimum Gasteiger partial charge on any atom is -0.507 e. The number of rotatable bonds is 4. The van der Waals surface area contributed by atoms with Gasteiger partial charge in [0.15, 0.2) is 11.5 Å². The molecule has 0 aromatic heterocycles. The fourth-order valence-corrected chi connectivity index (χ4v) is 1.49. The summed E-state index contributed by atoms with van der Waals surface area (Å²) in [5, 5.41) is 9.93. The summed E-state index contributed by atoms with van der Waals surface area (Å²) in [6, 6.07) is 1.42. The van der Waals surface area contributed by atoms with Crippen LogP contribution in [0, 0.1) is 13.8 Å². The molecule has 0 aliphatic heterocycles. The molecule has 0 aliphatic carbocycles. The maximum atomic E-state index is 11.7. The van der Waals surface area contributed by atoms with E-state index in [9.17, 15) is 14.7 Å². The van der Waals surface area contributed by atoms with Crippen LogP contribution >= 0.6 is 0 Å². The van der Waals surface area contributed by atoms with Gasteiger partial charge in [-0.2, -0.15) is 0 Å². The van der Waals surface area contributed by atoms with E-state index in [1.807, 2.05) is 0 Å². The largest absolute Gasteiger partial charge is 0.507 e. The number of aromatic hydroxyl groups is 1. The standard InChI is InChI=1S/C16H18O5/c1-8(2)15(18)20-12-7-10(5)13(17)11(6)14(12)21-16(19)9(3)4/h7,17H,1,3H2,2,4-6H3. The molecule has 1 N–H and O–H groups in total. The highest BCUT2D eigenvalue weighted by Crippen LogP contribution is 2.39. The molecule has 0 radical (unpaired) electrons. The molecular formula is C16H18O5. The fraction of sp³-hybridized carbons (Fsp3) is 0.250. The minimum atomic E-state index is -0.672. The van der Waals surface area contributed by atoms with E-state index in [1.165, 1.54) is 19.9 Å². The van der Waals surface area contributed by atoms with Gasteiger partial charge in [-0.15, -0.1) is 0 Å². The first kappa shape index (κ1) is 16.5. The van der Waals surface area contributed by atoms with E-state index < -0.39 is 11.9 Å². The SMILES string of the molecule is C=C(C)C(=O)Oc1cc(C)c(O)c(C)c1OC(=O)C(=C)C. The molecule has 0 fully saturated rings. The second kappa shape index (κ2) is 6.26. The molecule has 5 heteroatoms. The summed E-state index contributed by atoms with van der Waals surface area (Å²) in [4.78, 5) is 23.3. The summed E-state index contributed by atoms with van der Waals surface area (Å²) in [5.41, 5.74) is 1.18. The third-order valence-corrected chi connectivity index (χ3v) is 2.74. The maximum Gasteiger partial charge on any atom is 0.338 e. The van der Waals surface area contributed by atoms with Crippen LogP contribution in [-0.2, 0) is 9.59 Å². The number of phenols is 1. The van der Waals surface area contributed by atoms with Crippen LogP contribution in [0.5, 0.6) is 17.2 Å². The number of phenolic OH excluding ortho intramolecular Hbond substituents is 1. The Kier molecular flexibility index (Phi) is 4.92. The number of esters is 2. The molecule has 0 atom stereocenters. The zero-order valence-corrected chi connectivity index (χ0v) is 12.6. The van der Waals surface area contributed by atoms with Gasteiger partial charge in [-0.05, 0) is 39.3 Å². The highest BCUT2D eigenvalue weighted by Gasteiger charge is 2.20. The highest BCUT2D eigenvalue weighted by molar-refractivity contribution is 5.91. The maximum absolute atomic E-state index is 11.7. The van der Waals surface area contributed by atoms with Crippen molar-refractivity contribution in [3.8, 4) is 17.2 Å². The molecule has 5 nitrogen and oxygen atoms in total. The van der Waals surface area contributed by atoms with Crippen molar-refractivity contribution in [2.45, 2.75) is 27.7 Å². The average Bonchev–Trinajstić information content (AvgIpc) is 2.40. The zero-order chi connectivity index (χ0) is 16.3. The third kappa shape index (κ3) is 3.72. The average molecular weight is 290 g/mol. The predicted molar refractivity (Wildman–Crippen MR) is 78.5 cm³/mol. The monoisotopic (exact) mass is 290 g/mol. The van der Waals surface area contributed by atoms with Crippen molar-refractivity contribution >= 4 is 11.9 Å². The van der Waals surface area contributed by atoms with Crippen molar-refractivity contribution in [1.29, 1.82) is 0 Å². The molecular weight excluding hydrogens is 272 g/mol. The van der Waals surface area contributed by atoms with Crippen LogP contribution in [0.3, 0.4) is 0 Å². The predicted octanol–water partition coefficient (Wildman–Crippen LogP) is 2.97. The molecule has 1 aromatic rings. The summed E-state index contributed by atoms with van der Waals surface area (Å²) in [6.07, 6.45) is 0. The first-order chi connectivity index (χ1) is 9.65. The van der Waals surface area contributed by atoms with E-state index in [0.717, 1.165) is 0 Å². The van der Waals surface area contributed by atoms with Crippen molar-refractivity contribution < 1.29 is 24.2 Å². The van der Waals surface area contributed by atoms with E-state index in [0.29, 0.717) is 11.1 Å². The summed E-state index contributed by atoms with van der Waals surface area (Å²) in [6.45, 7) is 13.2. The number of aryl methyl sites for hydroxylation is 1. The van der Waals surface area contributed by atoms with Gasteiger partial charge in [-0.25, -0.2) is 9.59 Å². The Hall–Kier alpha value is -2.56. The van der Waals surface area contributed by atoms with E-state index in [4.69, 9.17) is 9.47 Å². The Balaban J connectivity index is 3.33. The minimum absolute atomic E-state index is 0.0132. The van der Waals surface area contributed by atoms with Crippen LogP contribution in [0.4, 0.5) is 0 Å². The molecule has 0 saturated heterocycles. The molecule has 21 heavy (non-hydrogen) atoms. The fourth-order valence-electron chi connectivity index (χ4n) is 1.49. The van der Waals surface area contributed by atoms with Gasteiger partial charge in [-0.3, -0.25) is 0 Å². The lowest BCUT2D eigenvalue weighted by atomic mass is 10.1. The van der Waals surface area contributed by atoms with Crippen LogP contribution in [0.2, 0.25) is 0 Å². The lowest BCUT2D eigenvalue weighted by Gasteiger charge is -2.15. The Morgan fingerprint density at radius 3 is 2.00 bits per heavy atom. The van der Waals surface area contributed by atoms with E-state index >= 15 is 0 Å². The van der Waals surface area contributed by atoms with Crippen molar-refractivity contribution in [3.05, 3.63) is 41.5 Å². The number of carbonyl (C=O) groups is 2. The highest BCUT2D eigenvalue weighted by atomic mass is 16.6. The van der Waals surface area contributed by atoms with Crippen LogP contribution < -0.4 is 9.47 Å². The Morgan fingerprint density at radius 2 is 1.52 bits per heavy atom. The molecule has 0 saturated carbocycles. The molecule has 0 heterocycles. The molecule has 1 rings (SSSR count). The van der Waals surface area contributed by atoms with Crippen molar-refractivity contribution in [1.82, 2.24) is 0 Å². The molecule has 0 aliphatic rings. The van der Waals surface area contributed by atoms with E-state index in [-0.39, 0.29) is 28.4 Å². The van der Waals surface area contributed by atoms with Crippen molar-refractivity contribution in [2.24, 2.45) is 0 Å². The molecule has 0 bridgehead atoms. The van der Waals surface area contributed by atoms with E-state index in [1.54, 1.807) is 13.8 Å². The van der Waals surface area contributed by atoms with Crippen LogP contribution in [-0.4, -0.2) is 17.0 Å².